The second-order valence-corrected chi connectivity index (χ2v) is 4.66. The summed E-state index contributed by atoms with van der Waals surface area (Å²) in [5, 5.41) is 3.32. The van der Waals surface area contributed by atoms with E-state index >= 15 is 0 Å². The number of amides is 1. The average Bonchev–Trinajstić information content (AvgIpc) is 2.39. The van der Waals surface area contributed by atoms with Crippen LogP contribution < -0.4 is 10.2 Å². The molecule has 0 unspecified atom stereocenters. The third-order valence-corrected chi connectivity index (χ3v) is 2.82. The maximum absolute atomic E-state index is 12.1. The second kappa shape index (κ2) is 5.71. The Bertz CT molecular complexity index is 599. The first-order valence-corrected chi connectivity index (χ1v) is 6.15. The van der Waals surface area contributed by atoms with Crippen molar-refractivity contribution >= 4 is 28.9 Å². The minimum atomic E-state index is -0.281. The average molecular weight is 276 g/mol. The fourth-order valence-electron chi connectivity index (χ4n) is 1.68. The first kappa shape index (κ1) is 13.4. The van der Waals surface area contributed by atoms with Crippen molar-refractivity contribution in [2.45, 2.75) is 0 Å². The maximum atomic E-state index is 12.1. The van der Waals surface area contributed by atoms with Crippen LogP contribution in [-0.4, -0.2) is 25.0 Å². The quantitative estimate of drug-likeness (QED) is 0.936. The Balaban J connectivity index is 2.24. The van der Waals surface area contributed by atoms with E-state index in [1.165, 1.54) is 12.3 Å². The molecule has 0 bridgehead atoms. The van der Waals surface area contributed by atoms with Gasteiger partial charge in [-0.1, -0.05) is 23.7 Å². The molecule has 1 N–H and O–H groups in total. The molecule has 5 heteroatoms. The predicted molar refractivity (Wildman–Crippen MR) is 78.0 cm³/mol. The van der Waals surface area contributed by atoms with E-state index < -0.39 is 0 Å². The summed E-state index contributed by atoms with van der Waals surface area (Å²) in [6, 6.07) is 10.7. The van der Waals surface area contributed by atoms with E-state index in [0.29, 0.717) is 10.7 Å². The van der Waals surface area contributed by atoms with E-state index in [2.05, 4.69) is 10.3 Å². The van der Waals surface area contributed by atoms with Crippen LogP contribution in [0.2, 0.25) is 5.02 Å². The SMILES string of the molecule is CN(C)c1ccccc1NC(=O)c1cc(Cl)ccn1. The van der Waals surface area contributed by atoms with Gasteiger partial charge in [-0.3, -0.25) is 9.78 Å². The zero-order chi connectivity index (χ0) is 13.8. The number of carbonyl (C=O) groups is 1. The van der Waals surface area contributed by atoms with Crippen LogP contribution in [0.4, 0.5) is 11.4 Å². The van der Waals surface area contributed by atoms with Gasteiger partial charge in [0, 0.05) is 25.3 Å². The summed E-state index contributed by atoms with van der Waals surface area (Å²) in [6.07, 6.45) is 1.51. The Labute approximate surface area is 117 Å². The number of hydrogen-bond acceptors (Lipinski definition) is 3. The molecule has 0 atom stereocenters. The smallest absolute Gasteiger partial charge is 0.274 e. The zero-order valence-electron chi connectivity index (χ0n) is 10.7. The number of aromatic nitrogens is 1. The van der Waals surface area contributed by atoms with Gasteiger partial charge in [0.2, 0.25) is 0 Å². The molecule has 1 aromatic heterocycles. The van der Waals surface area contributed by atoms with E-state index in [1.807, 2.05) is 43.3 Å². The number of para-hydroxylation sites is 2. The molecule has 0 saturated heterocycles. The fourth-order valence-corrected chi connectivity index (χ4v) is 1.84. The number of rotatable bonds is 3. The number of nitrogens with zero attached hydrogens (tertiary/aromatic N) is 2. The highest BCUT2D eigenvalue weighted by Crippen LogP contribution is 2.24. The van der Waals surface area contributed by atoms with Crippen LogP contribution in [0, 0.1) is 0 Å². The Morgan fingerprint density at radius 1 is 1.26 bits per heavy atom. The summed E-state index contributed by atoms with van der Waals surface area (Å²) in [4.78, 5) is 18.0. The molecule has 0 spiro atoms. The highest BCUT2D eigenvalue weighted by atomic mass is 35.5. The number of anilines is 2. The van der Waals surface area contributed by atoms with Gasteiger partial charge in [0.15, 0.2) is 0 Å². The molecule has 1 amide bonds. The second-order valence-electron chi connectivity index (χ2n) is 4.23. The molecular formula is C14H14ClN3O. The van der Waals surface area contributed by atoms with Crippen LogP contribution in [0.5, 0.6) is 0 Å². The van der Waals surface area contributed by atoms with Crippen LogP contribution >= 0.6 is 11.6 Å². The predicted octanol–water partition coefficient (Wildman–Crippen LogP) is 3.05. The number of nitrogens with one attached hydrogen (secondary N) is 1. The summed E-state index contributed by atoms with van der Waals surface area (Å²) in [7, 11) is 3.84. The molecule has 4 nitrogen and oxygen atoms in total. The summed E-state index contributed by atoms with van der Waals surface area (Å²) in [5.74, 6) is -0.281. The molecule has 1 heterocycles. The summed E-state index contributed by atoms with van der Waals surface area (Å²) >= 11 is 5.85. The lowest BCUT2D eigenvalue weighted by atomic mass is 10.2. The topological polar surface area (TPSA) is 45.2 Å². The number of hydrogen-bond donors (Lipinski definition) is 1. The van der Waals surface area contributed by atoms with Gasteiger partial charge in [0.05, 0.1) is 11.4 Å². The van der Waals surface area contributed by atoms with Crippen molar-refractivity contribution < 1.29 is 4.79 Å². The van der Waals surface area contributed by atoms with E-state index in [-0.39, 0.29) is 5.91 Å². The van der Waals surface area contributed by atoms with E-state index in [4.69, 9.17) is 11.6 Å². The van der Waals surface area contributed by atoms with Crippen LogP contribution in [-0.2, 0) is 0 Å². The van der Waals surface area contributed by atoms with Gasteiger partial charge in [-0.25, -0.2) is 0 Å². The monoisotopic (exact) mass is 275 g/mol. The molecule has 0 aliphatic rings. The minimum Gasteiger partial charge on any atom is -0.376 e. The lowest BCUT2D eigenvalue weighted by molar-refractivity contribution is 0.102. The van der Waals surface area contributed by atoms with Crippen molar-refractivity contribution in [3.63, 3.8) is 0 Å². The standard InChI is InChI=1S/C14H14ClN3O/c1-18(2)13-6-4-3-5-11(13)17-14(19)12-9-10(15)7-8-16-12/h3-9H,1-2H3,(H,17,19). The Morgan fingerprint density at radius 2 is 2.00 bits per heavy atom. The molecule has 1 aromatic carbocycles. The van der Waals surface area contributed by atoms with Gasteiger partial charge in [-0.15, -0.1) is 0 Å². The van der Waals surface area contributed by atoms with E-state index in [0.717, 1.165) is 11.4 Å². The molecule has 0 aliphatic carbocycles. The molecule has 19 heavy (non-hydrogen) atoms. The van der Waals surface area contributed by atoms with Crippen LogP contribution in [0.15, 0.2) is 42.6 Å². The van der Waals surface area contributed by atoms with Crippen LogP contribution in [0.3, 0.4) is 0 Å². The largest absolute Gasteiger partial charge is 0.376 e. The van der Waals surface area contributed by atoms with Gasteiger partial charge >= 0.3 is 0 Å². The Hall–Kier alpha value is -2.07. The van der Waals surface area contributed by atoms with E-state index in [9.17, 15) is 4.79 Å². The fraction of sp³-hybridized carbons (Fsp3) is 0.143. The lowest BCUT2D eigenvalue weighted by Crippen LogP contribution is -2.17. The molecular weight excluding hydrogens is 262 g/mol. The van der Waals surface area contributed by atoms with Crippen molar-refractivity contribution in [2.24, 2.45) is 0 Å². The first-order chi connectivity index (χ1) is 9.08. The number of halogens is 1. The number of benzene rings is 1. The molecule has 98 valence electrons. The Kier molecular flexibility index (Phi) is 4.02. The number of carbonyl (C=O) groups excluding carboxylic acids is 1. The van der Waals surface area contributed by atoms with Crippen molar-refractivity contribution in [3.8, 4) is 0 Å². The third-order valence-electron chi connectivity index (χ3n) is 2.59. The summed E-state index contributed by atoms with van der Waals surface area (Å²) in [6.45, 7) is 0. The van der Waals surface area contributed by atoms with E-state index in [1.54, 1.807) is 6.07 Å². The Morgan fingerprint density at radius 3 is 2.68 bits per heavy atom. The van der Waals surface area contributed by atoms with Crippen molar-refractivity contribution in [1.29, 1.82) is 0 Å². The van der Waals surface area contributed by atoms with Crippen molar-refractivity contribution in [1.82, 2.24) is 4.98 Å². The molecule has 0 saturated carbocycles. The zero-order valence-corrected chi connectivity index (χ0v) is 11.5. The lowest BCUT2D eigenvalue weighted by Gasteiger charge is -2.17. The van der Waals surface area contributed by atoms with Crippen molar-refractivity contribution in [3.05, 3.63) is 53.3 Å². The first-order valence-electron chi connectivity index (χ1n) is 5.77. The number of pyridine rings is 1. The van der Waals surface area contributed by atoms with Gasteiger partial charge in [-0.2, -0.15) is 0 Å². The highest BCUT2D eigenvalue weighted by molar-refractivity contribution is 6.31. The molecule has 0 fully saturated rings. The van der Waals surface area contributed by atoms with Gasteiger partial charge in [-0.05, 0) is 24.3 Å². The van der Waals surface area contributed by atoms with Gasteiger partial charge < -0.3 is 10.2 Å². The maximum Gasteiger partial charge on any atom is 0.274 e. The third kappa shape index (κ3) is 3.23. The van der Waals surface area contributed by atoms with Gasteiger partial charge in [0.25, 0.3) is 5.91 Å². The summed E-state index contributed by atoms with van der Waals surface area (Å²) < 4.78 is 0. The molecule has 0 aliphatic heterocycles. The molecule has 0 radical (unpaired) electrons. The van der Waals surface area contributed by atoms with Crippen LogP contribution in [0.1, 0.15) is 10.5 Å². The minimum absolute atomic E-state index is 0.281. The summed E-state index contributed by atoms with van der Waals surface area (Å²) in [5.41, 5.74) is 1.96. The van der Waals surface area contributed by atoms with Crippen molar-refractivity contribution in [2.75, 3.05) is 24.3 Å². The van der Waals surface area contributed by atoms with Crippen LogP contribution in [0.25, 0.3) is 0 Å². The normalized spacial score (nSPS) is 10.1. The molecule has 2 aromatic rings. The van der Waals surface area contributed by atoms with Gasteiger partial charge in [0.1, 0.15) is 5.69 Å². The molecule has 2 rings (SSSR count). The highest BCUT2D eigenvalue weighted by Gasteiger charge is 2.11.